The molecule has 0 radical (unpaired) electrons. The van der Waals surface area contributed by atoms with Crippen LogP contribution >= 0.6 is 0 Å². The number of ether oxygens (including phenoxy) is 2. The normalized spacial score (nSPS) is 16.7. The Balaban J connectivity index is 1.75. The summed E-state index contributed by atoms with van der Waals surface area (Å²) in [5, 5.41) is 13.3. The van der Waals surface area contributed by atoms with Gasteiger partial charge in [-0.05, 0) is 72.7 Å². The molecule has 0 spiro atoms. The van der Waals surface area contributed by atoms with Crippen molar-refractivity contribution in [1.29, 1.82) is 0 Å². The van der Waals surface area contributed by atoms with Crippen LogP contribution in [0.2, 0.25) is 0 Å². The molecule has 1 unspecified atom stereocenters. The molecule has 0 aliphatic carbocycles. The Morgan fingerprint density at radius 1 is 1.00 bits per heavy atom. The third-order valence-corrected chi connectivity index (χ3v) is 7.19. The molecule has 7 heteroatoms. The summed E-state index contributed by atoms with van der Waals surface area (Å²) in [4.78, 5) is 30.6. The first kappa shape index (κ1) is 27.9. The van der Waals surface area contributed by atoms with Crippen LogP contribution in [0.5, 0.6) is 11.5 Å². The van der Waals surface area contributed by atoms with Crippen LogP contribution in [0.25, 0.3) is 16.5 Å². The van der Waals surface area contributed by atoms with Crippen molar-refractivity contribution in [3.63, 3.8) is 0 Å². The van der Waals surface area contributed by atoms with Crippen molar-refractivity contribution in [2.24, 2.45) is 0 Å². The van der Waals surface area contributed by atoms with Gasteiger partial charge in [-0.25, -0.2) is 0 Å². The maximum Gasteiger partial charge on any atom is 0.295 e. The van der Waals surface area contributed by atoms with Gasteiger partial charge >= 0.3 is 0 Å². The number of likely N-dealkylation sites (tertiary alicyclic amines) is 1. The van der Waals surface area contributed by atoms with E-state index >= 15 is 0 Å². The summed E-state index contributed by atoms with van der Waals surface area (Å²) >= 11 is 0. The highest BCUT2D eigenvalue weighted by molar-refractivity contribution is 6.46. The van der Waals surface area contributed by atoms with E-state index in [0.29, 0.717) is 30.9 Å². The molecular weight excluding hydrogens is 492 g/mol. The number of carbonyl (C=O) groups is 2. The van der Waals surface area contributed by atoms with Gasteiger partial charge in [-0.1, -0.05) is 56.8 Å². The molecule has 0 aromatic heterocycles. The molecule has 0 bridgehead atoms. The standard InChI is InChI=1S/C32H36N2O5/c1-5-19-39-26-14-11-22(12-15-26)29-28(31(36)32(37)34(29)18-8-17-33(6-2)7-3)30(35)25-10-9-24-21-27(38-4)16-13-23(24)20-25/h5,9-16,20-21,29,35H,1,6-8,17-19H2,2-4H3/b30-28+. The second kappa shape index (κ2) is 12.6. The van der Waals surface area contributed by atoms with Crippen LogP contribution < -0.4 is 9.47 Å². The highest BCUT2D eigenvalue weighted by Crippen LogP contribution is 2.40. The van der Waals surface area contributed by atoms with Crippen LogP contribution in [0.3, 0.4) is 0 Å². The van der Waals surface area contributed by atoms with Crippen molar-refractivity contribution < 1.29 is 24.2 Å². The highest BCUT2D eigenvalue weighted by atomic mass is 16.5. The number of benzene rings is 3. The molecule has 0 saturated carbocycles. The maximum absolute atomic E-state index is 13.4. The molecule has 204 valence electrons. The average molecular weight is 529 g/mol. The van der Waals surface area contributed by atoms with Crippen LogP contribution in [-0.2, 0) is 9.59 Å². The fourth-order valence-corrected chi connectivity index (χ4v) is 5.02. The monoisotopic (exact) mass is 528 g/mol. The van der Waals surface area contributed by atoms with Crippen molar-refractivity contribution in [2.75, 3.05) is 39.9 Å². The minimum Gasteiger partial charge on any atom is -0.507 e. The predicted molar refractivity (Wildman–Crippen MR) is 154 cm³/mol. The second-order valence-corrected chi connectivity index (χ2v) is 9.47. The molecule has 4 rings (SSSR count). The van der Waals surface area contributed by atoms with E-state index in [9.17, 15) is 14.7 Å². The maximum atomic E-state index is 13.4. The van der Waals surface area contributed by atoms with Crippen LogP contribution in [0.15, 0.2) is 78.9 Å². The number of amides is 1. The lowest BCUT2D eigenvalue weighted by Gasteiger charge is -2.27. The Morgan fingerprint density at radius 2 is 1.67 bits per heavy atom. The lowest BCUT2D eigenvalue weighted by atomic mass is 9.94. The third-order valence-electron chi connectivity index (χ3n) is 7.19. The number of ketones is 1. The van der Waals surface area contributed by atoms with Gasteiger partial charge in [0.2, 0.25) is 0 Å². The summed E-state index contributed by atoms with van der Waals surface area (Å²) < 4.78 is 10.9. The average Bonchev–Trinajstić information content (AvgIpc) is 3.22. The van der Waals surface area contributed by atoms with Gasteiger partial charge in [0.1, 0.15) is 23.9 Å². The van der Waals surface area contributed by atoms with E-state index < -0.39 is 17.7 Å². The van der Waals surface area contributed by atoms with Crippen molar-refractivity contribution >= 4 is 28.2 Å². The summed E-state index contributed by atoms with van der Waals surface area (Å²) in [6, 6.07) is 17.7. The van der Waals surface area contributed by atoms with Crippen LogP contribution in [0.4, 0.5) is 0 Å². The first-order chi connectivity index (χ1) is 18.9. The molecule has 1 saturated heterocycles. The van der Waals surface area contributed by atoms with Gasteiger partial charge in [0.05, 0.1) is 18.7 Å². The topological polar surface area (TPSA) is 79.3 Å². The van der Waals surface area contributed by atoms with Crippen LogP contribution in [0.1, 0.15) is 37.4 Å². The summed E-state index contributed by atoms with van der Waals surface area (Å²) in [7, 11) is 1.61. The number of hydrogen-bond donors (Lipinski definition) is 1. The van der Waals surface area contributed by atoms with Crippen molar-refractivity contribution in [1.82, 2.24) is 9.80 Å². The summed E-state index contributed by atoms with van der Waals surface area (Å²) in [5.74, 6) is -0.0764. The number of aliphatic hydroxyl groups excluding tert-OH is 1. The van der Waals surface area contributed by atoms with E-state index in [1.54, 1.807) is 36.3 Å². The molecule has 3 aromatic rings. The smallest absolute Gasteiger partial charge is 0.295 e. The molecule has 1 aliphatic heterocycles. The van der Waals surface area contributed by atoms with E-state index in [-0.39, 0.29) is 11.3 Å². The lowest BCUT2D eigenvalue weighted by molar-refractivity contribution is -0.140. The molecule has 39 heavy (non-hydrogen) atoms. The fraction of sp³-hybridized carbons (Fsp3) is 0.312. The van der Waals surface area contributed by atoms with Gasteiger partial charge in [-0.15, -0.1) is 0 Å². The summed E-state index contributed by atoms with van der Waals surface area (Å²) in [6.45, 7) is 11.3. The SMILES string of the molecule is C=CCOc1ccc(C2/C(=C(\O)c3ccc4cc(OC)ccc4c3)C(=O)C(=O)N2CCCN(CC)CC)cc1. The fourth-order valence-electron chi connectivity index (χ4n) is 5.02. The van der Waals surface area contributed by atoms with E-state index in [1.165, 1.54) is 0 Å². The molecule has 3 aromatic carbocycles. The Bertz CT molecular complexity index is 1380. The van der Waals surface area contributed by atoms with E-state index in [2.05, 4.69) is 25.3 Å². The van der Waals surface area contributed by atoms with Crippen molar-refractivity contribution in [3.05, 3.63) is 90.0 Å². The minimum absolute atomic E-state index is 0.0930. The van der Waals surface area contributed by atoms with Gasteiger partial charge in [0, 0.05) is 12.1 Å². The zero-order chi connectivity index (χ0) is 27.9. The Morgan fingerprint density at radius 3 is 2.33 bits per heavy atom. The van der Waals surface area contributed by atoms with Crippen LogP contribution in [0, 0.1) is 0 Å². The van der Waals surface area contributed by atoms with Gasteiger partial charge in [-0.3, -0.25) is 9.59 Å². The Hall–Kier alpha value is -4.10. The highest BCUT2D eigenvalue weighted by Gasteiger charge is 2.45. The van der Waals surface area contributed by atoms with Gasteiger partial charge in [0.15, 0.2) is 0 Å². The van der Waals surface area contributed by atoms with Gasteiger partial charge in [-0.2, -0.15) is 0 Å². The number of Topliss-reactive ketones (excluding diaryl/α,β-unsaturated/α-hetero) is 1. The molecule has 1 amide bonds. The Kier molecular flexibility index (Phi) is 9.04. The van der Waals surface area contributed by atoms with Gasteiger partial charge in [0.25, 0.3) is 11.7 Å². The number of carbonyl (C=O) groups excluding carboxylic acids is 2. The van der Waals surface area contributed by atoms with E-state index in [1.807, 2.05) is 42.5 Å². The van der Waals surface area contributed by atoms with Gasteiger partial charge < -0.3 is 24.4 Å². The zero-order valence-corrected chi connectivity index (χ0v) is 22.9. The molecular formula is C32H36N2O5. The minimum atomic E-state index is -0.707. The third kappa shape index (κ3) is 5.99. The molecule has 1 fully saturated rings. The van der Waals surface area contributed by atoms with Crippen molar-refractivity contribution in [2.45, 2.75) is 26.3 Å². The second-order valence-electron chi connectivity index (χ2n) is 9.47. The first-order valence-corrected chi connectivity index (χ1v) is 13.3. The molecule has 1 N–H and O–H groups in total. The number of methoxy groups -OCH3 is 1. The largest absolute Gasteiger partial charge is 0.507 e. The molecule has 1 aliphatic rings. The quantitative estimate of drug-likeness (QED) is 0.143. The number of fused-ring (bicyclic) bond motifs is 1. The lowest BCUT2D eigenvalue weighted by Crippen LogP contribution is -2.33. The number of rotatable bonds is 12. The molecule has 1 heterocycles. The predicted octanol–water partition coefficient (Wildman–Crippen LogP) is 5.57. The summed E-state index contributed by atoms with van der Waals surface area (Å²) in [6.07, 6.45) is 2.38. The van der Waals surface area contributed by atoms with E-state index in [4.69, 9.17) is 9.47 Å². The Labute approximate surface area is 229 Å². The molecule has 7 nitrogen and oxygen atoms in total. The zero-order valence-electron chi connectivity index (χ0n) is 22.9. The molecule has 1 atom stereocenters. The first-order valence-electron chi connectivity index (χ1n) is 13.3. The van der Waals surface area contributed by atoms with Crippen LogP contribution in [-0.4, -0.2) is 66.5 Å². The number of hydrogen-bond acceptors (Lipinski definition) is 6. The number of nitrogens with zero attached hydrogens (tertiary/aromatic N) is 2. The van der Waals surface area contributed by atoms with Crippen molar-refractivity contribution in [3.8, 4) is 11.5 Å². The summed E-state index contributed by atoms with van der Waals surface area (Å²) in [5.41, 5.74) is 1.30. The number of aliphatic hydroxyl groups is 1. The van der Waals surface area contributed by atoms with E-state index in [0.717, 1.165) is 41.7 Å².